The molecular formula is C14H13F2N3OS. The van der Waals surface area contributed by atoms with E-state index in [2.05, 4.69) is 10.4 Å². The summed E-state index contributed by atoms with van der Waals surface area (Å²) in [6.07, 6.45) is 0. The number of halogens is 2. The van der Waals surface area contributed by atoms with Gasteiger partial charge in [-0.05, 0) is 24.6 Å². The molecule has 0 saturated heterocycles. The maximum atomic E-state index is 13.5. The number of hydrogen-bond acceptors (Lipinski definition) is 3. The Hall–Kier alpha value is -1.89. The molecule has 1 aliphatic heterocycles. The molecule has 4 nitrogen and oxygen atoms in total. The van der Waals surface area contributed by atoms with Gasteiger partial charge >= 0.3 is 0 Å². The summed E-state index contributed by atoms with van der Waals surface area (Å²) < 4.78 is 28.2. The molecule has 2 aromatic rings. The van der Waals surface area contributed by atoms with E-state index in [1.165, 1.54) is 17.8 Å². The van der Waals surface area contributed by atoms with E-state index < -0.39 is 11.6 Å². The fraction of sp³-hybridized carbons (Fsp3) is 0.286. The van der Waals surface area contributed by atoms with Gasteiger partial charge in [0.15, 0.2) is 11.6 Å². The SMILES string of the molecule is Cc1nn(C)c2c1C(c1ccc(F)c(F)c1)SCC(=O)N2. The van der Waals surface area contributed by atoms with Crippen LogP contribution in [0.5, 0.6) is 0 Å². The molecular weight excluding hydrogens is 296 g/mol. The second kappa shape index (κ2) is 5.14. The fourth-order valence-corrected chi connectivity index (χ4v) is 3.66. The summed E-state index contributed by atoms with van der Waals surface area (Å²) in [7, 11) is 1.74. The molecule has 1 aromatic carbocycles. The fourth-order valence-electron chi connectivity index (χ4n) is 2.49. The summed E-state index contributed by atoms with van der Waals surface area (Å²) in [5, 5.41) is 6.85. The van der Waals surface area contributed by atoms with Crippen molar-refractivity contribution in [3.8, 4) is 0 Å². The summed E-state index contributed by atoms with van der Waals surface area (Å²) in [5.74, 6) is -1.04. The van der Waals surface area contributed by atoms with Crippen LogP contribution in [0.2, 0.25) is 0 Å². The predicted molar refractivity (Wildman–Crippen MR) is 77.2 cm³/mol. The third-order valence-corrected chi connectivity index (χ3v) is 4.69. The van der Waals surface area contributed by atoms with Crippen LogP contribution in [0, 0.1) is 18.6 Å². The Morgan fingerprint density at radius 1 is 1.38 bits per heavy atom. The van der Waals surface area contributed by atoms with Crippen LogP contribution in [-0.2, 0) is 11.8 Å². The summed E-state index contributed by atoms with van der Waals surface area (Å²) in [6.45, 7) is 1.84. The second-order valence-electron chi connectivity index (χ2n) is 4.88. The van der Waals surface area contributed by atoms with Crippen LogP contribution in [0.1, 0.15) is 22.1 Å². The van der Waals surface area contributed by atoms with Crippen LogP contribution in [0.15, 0.2) is 18.2 Å². The zero-order valence-corrected chi connectivity index (χ0v) is 12.3. The number of carbonyl (C=O) groups excluding carboxylic acids is 1. The molecule has 1 N–H and O–H groups in total. The second-order valence-corrected chi connectivity index (χ2v) is 5.98. The minimum Gasteiger partial charge on any atom is -0.310 e. The first-order valence-corrected chi connectivity index (χ1v) is 7.42. The number of nitrogens with one attached hydrogen (secondary N) is 1. The molecule has 7 heteroatoms. The van der Waals surface area contributed by atoms with E-state index in [4.69, 9.17) is 0 Å². The Kier molecular flexibility index (Phi) is 3.44. The lowest BCUT2D eigenvalue weighted by atomic mass is 10.0. The van der Waals surface area contributed by atoms with Gasteiger partial charge in [0, 0.05) is 12.6 Å². The number of aromatic nitrogens is 2. The largest absolute Gasteiger partial charge is 0.310 e. The van der Waals surface area contributed by atoms with Gasteiger partial charge in [-0.3, -0.25) is 9.48 Å². The zero-order valence-electron chi connectivity index (χ0n) is 11.5. The van der Waals surface area contributed by atoms with Crippen molar-refractivity contribution in [3.05, 3.63) is 46.7 Å². The average molecular weight is 309 g/mol. The summed E-state index contributed by atoms with van der Waals surface area (Å²) in [4.78, 5) is 11.8. The van der Waals surface area contributed by atoms with Crippen molar-refractivity contribution in [2.75, 3.05) is 11.1 Å². The molecule has 1 amide bonds. The highest BCUT2D eigenvalue weighted by Crippen LogP contribution is 2.43. The first-order chi connectivity index (χ1) is 9.97. The van der Waals surface area contributed by atoms with Crippen LogP contribution >= 0.6 is 11.8 Å². The molecule has 21 heavy (non-hydrogen) atoms. The van der Waals surface area contributed by atoms with E-state index in [1.54, 1.807) is 17.8 Å². The van der Waals surface area contributed by atoms with E-state index in [0.29, 0.717) is 11.4 Å². The highest BCUT2D eigenvalue weighted by molar-refractivity contribution is 8.00. The van der Waals surface area contributed by atoms with Gasteiger partial charge in [-0.2, -0.15) is 5.10 Å². The molecule has 110 valence electrons. The van der Waals surface area contributed by atoms with Crippen molar-refractivity contribution < 1.29 is 13.6 Å². The molecule has 1 unspecified atom stereocenters. The molecule has 0 bridgehead atoms. The van der Waals surface area contributed by atoms with Crippen molar-refractivity contribution in [1.82, 2.24) is 9.78 Å². The lowest BCUT2D eigenvalue weighted by Crippen LogP contribution is -2.15. The Morgan fingerprint density at radius 3 is 2.86 bits per heavy atom. The first-order valence-electron chi connectivity index (χ1n) is 6.37. The highest BCUT2D eigenvalue weighted by Gasteiger charge is 2.29. The van der Waals surface area contributed by atoms with E-state index in [-0.39, 0.29) is 16.9 Å². The molecule has 3 rings (SSSR count). The Labute approximate surface area is 124 Å². The number of nitrogens with zero attached hydrogens (tertiary/aromatic N) is 2. The lowest BCUT2D eigenvalue weighted by Gasteiger charge is -2.15. The molecule has 0 fully saturated rings. The van der Waals surface area contributed by atoms with Crippen molar-refractivity contribution in [1.29, 1.82) is 0 Å². The topological polar surface area (TPSA) is 46.9 Å². The minimum absolute atomic E-state index is 0.130. The summed E-state index contributed by atoms with van der Waals surface area (Å²) in [6, 6.07) is 3.83. The van der Waals surface area contributed by atoms with Crippen molar-refractivity contribution in [3.63, 3.8) is 0 Å². The summed E-state index contributed by atoms with van der Waals surface area (Å²) in [5.41, 5.74) is 2.21. The van der Waals surface area contributed by atoms with Gasteiger partial charge < -0.3 is 5.32 Å². The number of carbonyl (C=O) groups is 1. The van der Waals surface area contributed by atoms with Gasteiger partial charge in [0.05, 0.1) is 16.7 Å². The van der Waals surface area contributed by atoms with E-state index in [1.807, 2.05) is 6.92 Å². The maximum absolute atomic E-state index is 13.5. The molecule has 1 aromatic heterocycles. The van der Waals surface area contributed by atoms with Gasteiger partial charge in [0.25, 0.3) is 0 Å². The Bertz CT molecular complexity index is 729. The molecule has 0 radical (unpaired) electrons. The van der Waals surface area contributed by atoms with E-state index >= 15 is 0 Å². The summed E-state index contributed by atoms with van der Waals surface area (Å²) >= 11 is 1.38. The van der Waals surface area contributed by atoms with Crippen molar-refractivity contribution in [2.24, 2.45) is 7.05 Å². The third-order valence-electron chi connectivity index (χ3n) is 3.42. The number of hydrogen-bond donors (Lipinski definition) is 1. The molecule has 2 heterocycles. The van der Waals surface area contributed by atoms with Crippen LogP contribution in [0.4, 0.5) is 14.6 Å². The predicted octanol–water partition coefficient (Wildman–Crippen LogP) is 2.78. The molecule has 0 saturated carbocycles. The normalized spacial score (nSPS) is 18.1. The van der Waals surface area contributed by atoms with Crippen LogP contribution in [0.25, 0.3) is 0 Å². The Morgan fingerprint density at radius 2 is 2.14 bits per heavy atom. The number of fused-ring (bicyclic) bond motifs is 1. The number of aryl methyl sites for hydroxylation is 2. The molecule has 0 spiro atoms. The van der Waals surface area contributed by atoms with Gasteiger partial charge in [-0.1, -0.05) is 6.07 Å². The van der Waals surface area contributed by atoms with Gasteiger partial charge in [-0.15, -0.1) is 11.8 Å². The Balaban J connectivity index is 2.14. The number of anilines is 1. The monoisotopic (exact) mass is 309 g/mol. The van der Waals surface area contributed by atoms with Crippen LogP contribution in [0.3, 0.4) is 0 Å². The standard InChI is InChI=1S/C14H13F2N3OS/c1-7-12-13(8-3-4-9(15)10(16)5-8)21-6-11(20)17-14(12)19(2)18-7/h3-5,13H,6H2,1-2H3,(H,17,20). The minimum atomic E-state index is -0.889. The highest BCUT2D eigenvalue weighted by atomic mass is 32.2. The van der Waals surface area contributed by atoms with Crippen molar-refractivity contribution >= 4 is 23.5 Å². The number of amides is 1. The van der Waals surface area contributed by atoms with Gasteiger partial charge in [0.2, 0.25) is 5.91 Å². The van der Waals surface area contributed by atoms with E-state index in [9.17, 15) is 13.6 Å². The van der Waals surface area contributed by atoms with E-state index in [0.717, 1.165) is 17.3 Å². The smallest absolute Gasteiger partial charge is 0.235 e. The zero-order chi connectivity index (χ0) is 15.1. The number of benzene rings is 1. The van der Waals surface area contributed by atoms with Gasteiger partial charge in [0.1, 0.15) is 5.82 Å². The van der Waals surface area contributed by atoms with Gasteiger partial charge in [-0.25, -0.2) is 8.78 Å². The molecule has 1 atom stereocenters. The van der Waals surface area contributed by atoms with Crippen LogP contribution < -0.4 is 5.32 Å². The first kappa shape index (κ1) is 14.1. The number of rotatable bonds is 1. The van der Waals surface area contributed by atoms with Crippen molar-refractivity contribution in [2.45, 2.75) is 12.2 Å². The molecule has 1 aliphatic rings. The number of thioether (sulfide) groups is 1. The maximum Gasteiger partial charge on any atom is 0.235 e. The average Bonchev–Trinajstić information content (AvgIpc) is 2.61. The van der Waals surface area contributed by atoms with Crippen LogP contribution in [-0.4, -0.2) is 21.4 Å². The molecule has 0 aliphatic carbocycles. The third kappa shape index (κ3) is 2.42. The quantitative estimate of drug-likeness (QED) is 0.881. The lowest BCUT2D eigenvalue weighted by molar-refractivity contribution is -0.113.